The zero-order valence-electron chi connectivity index (χ0n) is 11.1. The number of nitrogens with two attached hydrogens (primary N) is 1. The van der Waals surface area contributed by atoms with Crippen LogP contribution in [0.2, 0.25) is 0 Å². The number of thiazole rings is 1. The molecule has 0 aliphatic carbocycles. The van der Waals surface area contributed by atoms with Crippen LogP contribution in [-0.2, 0) is 16.1 Å². The molecule has 0 atom stereocenters. The van der Waals surface area contributed by atoms with Crippen LogP contribution in [0.5, 0.6) is 0 Å². The lowest BCUT2D eigenvalue weighted by Gasteiger charge is -2.06. The zero-order chi connectivity index (χ0) is 15.4. The second-order valence-corrected chi connectivity index (χ2v) is 5.91. The first-order valence-electron chi connectivity index (χ1n) is 5.90. The molecule has 6 nitrogen and oxygen atoms in total. The van der Waals surface area contributed by atoms with Crippen LogP contribution in [0.15, 0.2) is 28.1 Å². The minimum absolute atomic E-state index is 0.0148. The van der Waals surface area contributed by atoms with Crippen LogP contribution in [0.4, 0.5) is 10.8 Å². The van der Waals surface area contributed by atoms with Crippen molar-refractivity contribution in [2.45, 2.75) is 13.5 Å². The van der Waals surface area contributed by atoms with Crippen LogP contribution in [0.3, 0.4) is 0 Å². The Balaban J connectivity index is 1.99. The van der Waals surface area contributed by atoms with E-state index in [1.54, 1.807) is 23.6 Å². The highest BCUT2D eigenvalue weighted by Crippen LogP contribution is 2.20. The predicted molar refractivity (Wildman–Crippen MR) is 84.1 cm³/mol. The average Bonchev–Trinajstić information content (AvgIpc) is 2.85. The second-order valence-electron chi connectivity index (χ2n) is 4.13. The van der Waals surface area contributed by atoms with Gasteiger partial charge in [0, 0.05) is 22.5 Å². The van der Waals surface area contributed by atoms with E-state index in [4.69, 9.17) is 10.5 Å². The maximum atomic E-state index is 12.0. The molecule has 21 heavy (non-hydrogen) atoms. The molecule has 8 heteroatoms. The summed E-state index contributed by atoms with van der Waals surface area (Å²) in [4.78, 5) is 27.0. The van der Waals surface area contributed by atoms with Crippen LogP contribution in [0.25, 0.3) is 0 Å². The Morgan fingerprint density at radius 3 is 2.95 bits per heavy atom. The van der Waals surface area contributed by atoms with Crippen LogP contribution in [0.1, 0.15) is 23.0 Å². The van der Waals surface area contributed by atoms with E-state index in [-0.39, 0.29) is 12.5 Å². The normalized spacial score (nSPS) is 10.2. The molecule has 0 fully saturated rings. The molecule has 0 aliphatic heterocycles. The van der Waals surface area contributed by atoms with Gasteiger partial charge in [-0.2, -0.15) is 0 Å². The number of esters is 1. The molecule has 0 saturated carbocycles. The van der Waals surface area contributed by atoms with Crippen LogP contribution in [0, 0.1) is 0 Å². The lowest BCUT2D eigenvalue weighted by Crippen LogP contribution is -2.09. The molecule has 1 aromatic heterocycles. The van der Waals surface area contributed by atoms with Gasteiger partial charge in [0.05, 0.1) is 11.3 Å². The van der Waals surface area contributed by atoms with Crippen molar-refractivity contribution in [3.05, 3.63) is 39.3 Å². The number of nitrogens with zero attached hydrogens (tertiary/aromatic N) is 1. The Morgan fingerprint density at radius 2 is 2.24 bits per heavy atom. The largest absolute Gasteiger partial charge is 0.455 e. The minimum Gasteiger partial charge on any atom is -0.455 e. The summed E-state index contributed by atoms with van der Waals surface area (Å²) in [5.41, 5.74) is 6.94. The Labute approximate surface area is 133 Å². The number of rotatable bonds is 4. The summed E-state index contributed by atoms with van der Waals surface area (Å²) < 4.78 is 5.90. The highest BCUT2D eigenvalue weighted by Gasteiger charge is 2.13. The molecule has 1 aromatic carbocycles. The van der Waals surface area contributed by atoms with Gasteiger partial charge in [-0.1, -0.05) is 15.9 Å². The third-order valence-electron chi connectivity index (χ3n) is 2.42. The van der Waals surface area contributed by atoms with Crippen molar-refractivity contribution in [1.29, 1.82) is 0 Å². The number of amides is 1. The number of hydrogen-bond acceptors (Lipinski definition) is 6. The SMILES string of the molecule is CC(=O)Nc1nc(COC(=O)c2cc(Br)ccc2N)cs1. The second kappa shape index (κ2) is 6.68. The van der Waals surface area contributed by atoms with Crippen LogP contribution >= 0.6 is 27.3 Å². The predicted octanol–water partition coefficient (Wildman–Crippen LogP) is 2.80. The summed E-state index contributed by atoms with van der Waals surface area (Å²) in [5, 5.41) is 4.74. The average molecular weight is 370 g/mol. The fraction of sp³-hybridized carbons (Fsp3) is 0.154. The third kappa shape index (κ3) is 4.27. The molecule has 2 rings (SSSR count). The standard InChI is InChI=1S/C13H12BrN3O3S/c1-7(18)16-13-17-9(6-21-13)5-20-12(19)10-4-8(14)2-3-11(10)15/h2-4,6H,5,15H2,1H3,(H,16,17,18). The maximum Gasteiger partial charge on any atom is 0.340 e. The summed E-state index contributed by atoms with van der Waals surface area (Å²) in [6.45, 7) is 1.41. The van der Waals surface area contributed by atoms with Crippen molar-refractivity contribution in [2.24, 2.45) is 0 Å². The van der Waals surface area contributed by atoms with E-state index in [0.717, 1.165) is 4.47 Å². The van der Waals surface area contributed by atoms with Gasteiger partial charge in [-0.3, -0.25) is 4.79 Å². The molecule has 0 aliphatic rings. The van der Waals surface area contributed by atoms with Crippen molar-refractivity contribution >= 4 is 50.0 Å². The zero-order valence-corrected chi connectivity index (χ0v) is 13.5. The molecule has 0 unspecified atom stereocenters. The van der Waals surface area contributed by atoms with E-state index in [1.165, 1.54) is 18.3 Å². The summed E-state index contributed by atoms with van der Waals surface area (Å²) in [6.07, 6.45) is 0. The first-order chi connectivity index (χ1) is 9.95. The van der Waals surface area contributed by atoms with Gasteiger partial charge in [-0.05, 0) is 18.2 Å². The number of carbonyl (C=O) groups is 2. The molecule has 0 bridgehead atoms. The fourth-order valence-electron chi connectivity index (χ4n) is 1.50. The highest BCUT2D eigenvalue weighted by molar-refractivity contribution is 9.10. The van der Waals surface area contributed by atoms with Gasteiger partial charge in [0.2, 0.25) is 5.91 Å². The molecule has 0 radical (unpaired) electrons. The third-order valence-corrected chi connectivity index (χ3v) is 3.72. The quantitative estimate of drug-likeness (QED) is 0.638. The van der Waals surface area contributed by atoms with E-state index in [0.29, 0.717) is 22.1 Å². The van der Waals surface area contributed by atoms with Gasteiger partial charge in [0.15, 0.2) is 5.13 Å². The van der Waals surface area contributed by atoms with Crippen LogP contribution < -0.4 is 11.1 Å². The Kier molecular flexibility index (Phi) is 4.92. The van der Waals surface area contributed by atoms with Gasteiger partial charge >= 0.3 is 5.97 Å². The smallest absolute Gasteiger partial charge is 0.340 e. The summed E-state index contributed by atoms with van der Waals surface area (Å²) >= 11 is 4.54. The van der Waals surface area contributed by atoms with Crippen molar-refractivity contribution in [2.75, 3.05) is 11.1 Å². The monoisotopic (exact) mass is 369 g/mol. The Bertz CT molecular complexity index is 687. The van der Waals surface area contributed by atoms with Gasteiger partial charge in [0.25, 0.3) is 0 Å². The van der Waals surface area contributed by atoms with Crippen molar-refractivity contribution in [3.8, 4) is 0 Å². The van der Waals surface area contributed by atoms with Gasteiger partial charge in [0.1, 0.15) is 6.61 Å². The molecule has 1 amide bonds. The van der Waals surface area contributed by atoms with Gasteiger partial charge in [-0.15, -0.1) is 11.3 Å². The van der Waals surface area contributed by atoms with E-state index < -0.39 is 5.97 Å². The summed E-state index contributed by atoms with van der Waals surface area (Å²) in [6, 6.07) is 4.96. The number of anilines is 2. The number of nitrogens with one attached hydrogen (secondary N) is 1. The highest BCUT2D eigenvalue weighted by atomic mass is 79.9. The molecule has 110 valence electrons. The summed E-state index contributed by atoms with van der Waals surface area (Å²) in [7, 11) is 0. The van der Waals surface area contributed by atoms with E-state index in [1.807, 2.05) is 0 Å². The van der Waals surface area contributed by atoms with Crippen LogP contribution in [-0.4, -0.2) is 16.9 Å². The number of aromatic nitrogens is 1. The van der Waals surface area contributed by atoms with E-state index >= 15 is 0 Å². The molecule has 2 aromatic rings. The minimum atomic E-state index is -0.525. The maximum absolute atomic E-state index is 12.0. The van der Waals surface area contributed by atoms with Crippen molar-refractivity contribution in [1.82, 2.24) is 4.98 Å². The Morgan fingerprint density at radius 1 is 1.48 bits per heavy atom. The Hall–Kier alpha value is -1.93. The lowest BCUT2D eigenvalue weighted by molar-refractivity contribution is -0.114. The molecular weight excluding hydrogens is 358 g/mol. The molecule has 1 heterocycles. The number of ether oxygens (including phenoxy) is 1. The number of benzene rings is 1. The first kappa shape index (κ1) is 15.5. The fourth-order valence-corrected chi connectivity index (χ4v) is 2.61. The molecular formula is C13H12BrN3O3S. The first-order valence-corrected chi connectivity index (χ1v) is 7.57. The van der Waals surface area contributed by atoms with Gasteiger partial charge in [-0.25, -0.2) is 9.78 Å². The molecule has 3 N–H and O–H groups in total. The van der Waals surface area contributed by atoms with Crippen molar-refractivity contribution in [3.63, 3.8) is 0 Å². The van der Waals surface area contributed by atoms with E-state index in [2.05, 4.69) is 26.2 Å². The number of nitrogen functional groups attached to an aromatic ring is 1. The van der Waals surface area contributed by atoms with Gasteiger partial charge < -0.3 is 15.8 Å². The van der Waals surface area contributed by atoms with E-state index in [9.17, 15) is 9.59 Å². The topological polar surface area (TPSA) is 94.3 Å². The van der Waals surface area contributed by atoms with Crippen molar-refractivity contribution < 1.29 is 14.3 Å². The molecule has 0 spiro atoms. The number of halogens is 1. The number of hydrogen-bond donors (Lipinski definition) is 2. The summed E-state index contributed by atoms with van der Waals surface area (Å²) in [5.74, 6) is -0.724. The lowest BCUT2D eigenvalue weighted by atomic mass is 10.2. The molecule has 0 saturated heterocycles. The number of carbonyl (C=O) groups excluding carboxylic acids is 2.